The van der Waals surface area contributed by atoms with Crippen LogP contribution in [-0.2, 0) is 14.6 Å². The maximum Gasteiger partial charge on any atom is 0.228 e. The second-order valence-corrected chi connectivity index (χ2v) is 8.98. The lowest BCUT2D eigenvalue weighted by Crippen LogP contribution is -2.26. The van der Waals surface area contributed by atoms with Gasteiger partial charge in [-0.05, 0) is 19.3 Å². The highest BCUT2D eigenvalue weighted by molar-refractivity contribution is 7.91. The number of hydrogen-bond acceptors (Lipinski definition) is 4. The third kappa shape index (κ3) is 4.13. The average molecular weight is 339 g/mol. The van der Waals surface area contributed by atoms with Crippen LogP contribution in [0.25, 0.3) is 0 Å². The minimum atomic E-state index is -2.97. The Kier molecular flexibility index (Phi) is 5.04. The predicted octanol–water partition coefficient (Wildman–Crippen LogP) is 2.54. The van der Waals surface area contributed by atoms with Gasteiger partial charge in [0, 0.05) is 12.0 Å². The van der Waals surface area contributed by atoms with Gasteiger partial charge >= 0.3 is 0 Å². The predicted molar refractivity (Wildman–Crippen MR) is 89.0 cm³/mol. The summed E-state index contributed by atoms with van der Waals surface area (Å²) >= 11 is 0. The Morgan fingerprint density at radius 3 is 2.48 bits per heavy atom. The molecule has 1 saturated carbocycles. The van der Waals surface area contributed by atoms with Crippen molar-refractivity contribution in [3.8, 4) is 0 Å². The van der Waals surface area contributed by atoms with Gasteiger partial charge < -0.3 is 5.32 Å². The topological polar surface area (TPSA) is 81.1 Å². The van der Waals surface area contributed by atoms with Crippen molar-refractivity contribution in [2.45, 2.75) is 57.4 Å². The second kappa shape index (κ2) is 7.03. The smallest absolute Gasteiger partial charge is 0.228 e. The van der Waals surface area contributed by atoms with Crippen molar-refractivity contribution in [1.82, 2.24) is 9.78 Å². The summed E-state index contributed by atoms with van der Waals surface area (Å²) < 4.78 is 25.0. The first-order valence-corrected chi connectivity index (χ1v) is 10.4. The van der Waals surface area contributed by atoms with Gasteiger partial charge in [-0.1, -0.05) is 32.1 Å². The summed E-state index contributed by atoms with van der Waals surface area (Å²) in [6.45, 7) is 0. The van der Waals surface area contributed by atoms with Crippen LogP contribution in [0.15, 0.2) is 12.3 Å². The van der Waals surface area contributed by atoms with Gasteiger partial charge in [0.25, 0.3) is 0 Å². The van der Waals surface area contributed by atoms with Gasteiger partial charge in [0.15, 0.2) is 9.84 Å². The largest absolute Gasteiger partial charge is 0.311 e. The van der Waals surface area contributed by atoms with Crippen LogP contribution < -0.4 is 5.32 Å². The monoisotopic (exact) mass is 339 g/mol. The van der Waals surface area contributed by atoms with Crippen molar-refractivity contribution in [3.05, 3.63) is 12.3 Å². The molecule has 1 aromatic rings. The van der Waals surface area contributed by atoms with Crippen molar-refractivity contribution in [2.24, 2.45) is 5.92 Å². The Morgan fingerprint density at radius 2 is 1.83 bits per heavy atom. The summed E-state index contributed by atoms with van der Waals surface area (Å²) in [5.41, 5.74) is 0. The van der Waals surface area contributed by atoms with Crippen molar-refractivity contribution in [2.75, 3.05) is 16.8 Å². The van der Waals surface area contributed by atoms with E-state index in [2.05, 4.69) is 10.4 Å². The Balaban J connectivity index is 1.66. The second-order valence-electron chi connectivity index (χ2n) is 6.75. The normalized spacial score (nSPS) is 25.7. The van der Waals surface area contributed by atoms with E-state index in [9.17, 15) is 13.2 Å². The van der Waals surface area contributed by atoms with Gasteiger partial charge in [-0.2, -0.15) is 5.10 Å². The number of anilines is 1. The van der Waals surface area contributed by atoms with Gasteiger partial charge in [-0.15, -0.1) is 0 Å². The molecule has 128 valence electrons. The Bertz CT molecular complexity index is 645. The molecule has 6 nitrogen and oxygen atoms in total. The molecule has 1 N–H and O–H groups in total. The maximum atomic E-state index is 12.6. The van der Waals surface area contributed by atoms with E-state index in [4.69, 9.17) is 0 Å². The summed E-state index contributed by atoms with van der Waals surface area (Å²) in [5, 5.41) is 7.21. The molecule has 23 heavy (non-hydrogen) atoms. The van der Waals surface area contributed by atoms with E-state index < -0.39 is 9.84 Å². The highest BCUT2D eigenvalue weighted by Crippen LogP contribution is 2.27. The SMILES string of the molecule is O=C(Nc1ccnn1[C@H]1CCS(=O)(=O)C1)C1CCCCCCC1. The zero-order valence-corrected chi connectivity index (χ0v) is 14.2. The summed E-state index contributed by atoms with van der Waals surface area (Å²) in [5.74, 6) is 1.05. The van der Waals surface area contributed by atoms with Crippen LogP contribution in [0, 0.1) is 5.92 Å². The van der Waals surface area contributed by atoms with Crippen molar-refractivity contribution in [3.63, 3.8) is 0 Å². The number of nitrogens with one attached hydrogen (secondary N) is 1. The fraction of sp³-hybridized carbons (Fsp3) is 0.750. The molecule has 2 fully saturated rings. The Hall–Kier alpha value is -1.37. The highest BCUT2D eigenvalue weighted by Gasteiger charge is 2.31. The molecule has 0 bridgehead atoms. The van der Waals surface area contributed by atoms with Crippen LogP contribution in [-0.4, -0.2) is 35.6 Å². The first-order valence-electron chi connectivity index (χ1n) is 8.60. The molecular weight excluding hydrogens is 314 g/mol. The lowest BCUT2D eigenvalue weighted by molar-refractivity contribution is -0.120. The molecule has 1 saturated heterocycles. The fourth-order valence-corrected chi connectivity index (χ4v) is 5.31. The van der Waals surface area contributed by atoms with E-state index in [1.165, 1.54) is 19.3 Å². The molecule has 2 heterocycles. The average Bonchev–Trinajstić information content (AvgIpc) is 3.04. The molecular formula is C16H25N3O3S. The van der Waals surface area contributed by atoms with E-state index >= 15 is 0 Å². The first kappa shape index (κ1) is 16.5. The molecule has 1 amide bonds. The van der Waals surface area contributed by atoms with Crippen LogP contribution in [0.3, 0.4) is 0 Å². The van der Waals surface area contributed by atoms with Crippen molar-refractivity contribution in [1.29, 1.82) is 0 Å². The van der Waals surface area contributed by atoms with E-state index in [0.29, 0.717) is 12.2 Å². The molecule has 0 unspecified atom stereocenters. The number of rotatable bonds is 3. The van der Waals surface area contributed by atoms with E-state index in [1.54, 1.807) is 16.9 Å². The van der Waals surface area contributed by atoms with Gasteiger partial charge in [-0.3, -0.25) is 4.79 Å². The minimum Gasteiger partial charge on any atom is -0.311 e. The van der Waals surface area contributed by atoms with Crippen LogP contribution in [0.2, 0.25) is 0 Å². The molecule has 0 radical (unpaired) electrons. The number of carbonyl (C=O) groups excluding carboxylic acids is 1. The van der Waals surface area contributed by atoms with Crippen molar-refractivity contribution < 1.29 is 13.2 Å². The number of carbonyl (C=O) groups is 1. The van der Waals surface area contributed by atoms with Gasteiger partial charge in [0.05, 0.1) is 23.7 Å². The number of nitrogens with zero attached hydrogens (tertiary/aromatic N) is 2. The van der Waals surface area contributed by atoms with E-state index in [1.807, 2.05) is 0 Å². The molecule has 1 atom stereocenters. The van der Waals surface area contributed by atoms with Crippen LogP contribution >= 0.6 is 0 Å². The summed E-state index contributed by atoms with van der Waals surface area (Å²) in [6, 6.07) is 1.59. The fourth-order valence-electron chi connectivity index (χ4n) is 3.62. The van der Waals surface area contributed by atoms with E-state index in [-0.39, 0.29) is 29.4 Å². The molecule has 1 aromatic heterocycles. The highest BCUT2D eigenvalue weighted by atomic mass is 32.2. The van der Waals surface area contributed by atoms with Gasteiger partial charge in [0.2, 0.25) is 5.91 Å². The zero-order valence-electron chi connectivity index (χ0n) is 13.4. The van der Waals surface area contributed by atoms with Crippen LogP contribution in [0.4, 0.5) is 5.82 Å². The number of aromatic nitrogens is 2. The van der Waals surface area contributed by atoms with Crippen LogP contribution in [0.5, 0.6) is 0 Å². The van der Waals surface area contributed by atoms with Gasteiger partial charge in [-0.25, -0.2) is 13.1 Å². The third-order valence-corrected chi connectivity index (χ3v) is 6.70. The maximum absolute atomic E-state index is 12.6. The molecule has 0 aromatic carbocycles. The molecule has 2 aliphatic rings. The Labute approximate surface area is 137 Å². The lowest BCUT2D eigenvalue weighted by atomic mass is 9.90. The molecule has 3 rings (SSSR count). The van der Waals surface area contributed by atoms with Gasteiger partial charge in [0.1, 0.15) is 5.82 Å². The number of hydrogen-bond donors (Lipinski definition) is 1. The standard InChI is InChI=1S/C16H25N3O3S/c20-16(13-6-4-2-1-3-5-7-13)18-15-8-10-17-19(15)14-9-11-23(21,22)12-14/h8,10,13-14H,1-7,9,11-12H2,(H,18,20)/t14-/m0/s1. The summed E-state index contributed by atoms with van der Waals surface area (Å²) in [7, 11) is -2.97. The zero-order chi connectivity index (χ0) is 16.3. The lowest BCUT2D eigenvalue weighted by Gasteiger charge is -2.20. The van der Waals surface area contributed by atoms with Crippen molar-refractivity contribution >= 4 is 21.6 Å². The quantitative estimate of drug-likeness (QED) is 0.917. The van der Waals surface area contributed by atoms with E-state index in [0.717, 1.165) is 25.7 Å². The molecule has 1 aliphatic carbocycles. The first-order chi connectivity index (χ1) is 11.1. The number of amides is 1. The number of sulfone groups is 1. The molecule has 0 spiro atoms. The molecule has 7 heteroatoms. The third-order valence-electron chi connectivity index (χ3n) is 4.95. The minimum absolute atomic E-state index is 0.0505. The molecule has 1 aliphatic heterocycles. The summed E-state index contributed by atoms with van der Waals surface area (Å²) in [6.07, 6.45) is 9.99. The van der Waals surface area contributed by atoms with Crippen LogP contribution in [0.1, 0.15) is 57.4 Å². The Morgan fingerprint density at radius 1 is 1.13 bits per heavy atom. The summed E-state index contributed by atoms with van der Waals surface area (Å²) in [4.78, 5) is 12.6.